The Labute approximate surface area is 91.8 Å². The lowest BCUT2D eigenvalue weighted by Crippen LogP contribution is -2.19. The molecule has 0 aliphatic carbocycles. The number of phenolic OH excluding ortho intramolecular Hbond substituents is 2. The Hall–Kier alpha value is -2.17. The molecule has 0 bridgehead atoms. The second-order valence-electron chi connectivity index (χ2n) is 3.60. The second-order valence-corrected chi connectivity index (χ2v) is 3.60. The number of hydrogen-bond donors (Lipinski definition) is 2. The van der Waals surface area contributed by atoms with Crippen LogP contribution in [0.4, 0.5) is 0 Å². The zero-order valence-electron chi connectivity index (χ0n) is 9.01. The highest BCUT2D eigenvalue weighted by atomic mass is 16.3. The average Bonchev–Trinajstić information content (AvgIpc) is 2.44. The van der Waals surface area contributed by atoms with E-state index in [1.807, 2.05) is 0 Å². The van der Waals surface area contributed by atoms with Gasteiger partial charge in [0.25, 0.3) is 5.56 Å². The average molecular weight is 220 g/mol. The number of nitrogens with zero attached hydrogens (tertiary/aromatic N) is 2. The van der Waals surface area contributed by atoms with Crippen molar-refractivity contribution in [3.63, 3.8) is 0 Å². The van der Waals surface area contributed by atoms with Crippen LogP contribution in [0.25, 0.3) is 5.69 Å². The van der Waals surface area contributed by atoms with Crippen LogP contribution >= 0.6 is 0 Å². The maximum absolute atomic E-state index is 11.7. The Morgan fingerprint density at radius 3 is 2.19 bits per heavy atom. The Kier molecular flexibility index (Phi) is 2.23. The summed E-state index contributed by atoms with van der Waals surface area (Å²) in [7, 11) is 1.68. The molecule has 5 nitrogen and oxygen atoms in total. The van der Waals surface area contributed by atoms with E-state index in [-0.39, 0.29) is 22.7 Å². The SMILES string of the molecule is Cc1cc(=O)n(-c2c(O)cccc2O)n1C. The van der Waals surface area contributed by atoms with E-state index in [0.29, 0.717) is 0 Å². The summed E-state index contributed by atoms with van der Waals surface area (Å²) in [4.78, 5) is 11.7. The van der Waals surface area contributed by atoms with Gasteiger partial charge in [0.15, 0.2) is 0 Å². The summed E-state index contributed by atoms with van der Waals surface area (Å²) < 4.78 is 2.79. The number of phenols is 2. The summed E-state index contributed by atoms with van der Waals surface area (Å²) in [5.41, 5.74) is 0.549. The van der Waals surface area contributed by atoms with Gasteiger partial charge in [0.05, 0.1) is 0 Å². The molecule has 0 fully saturated rings. The number of aryl methyl sites for hydroxylation is 1. The molecule has 1 heterocycles. The second kappa shape index (κ2) is 3.44. The zero-order valence-corrected chi connectivity index (χ0v) is 9.01. The smallest absolute Gasteiger partial charge is 0.271 e. The van der Waals surface area contributed by atoms with Gasteiger partial charge in [0.2, 0.25) is 0 Å². The summed E-state index contributed by atoms with van der Waals surface area (Å²) in [6.07, 6.45) is 0. The van der Waals surface area contributed by atoms with Crippen molar-refractivity contribution in [1.82, 2.24) is 9.36 Å². The lowest BCUT2D eigenvalue weighted by atomic mass is 10.2. The van der Waals surface area contributed by atoms with Crippen molar-refractivity contribution in [1.29, 1.82) is 0 Å². The normalized spacial score (nSPS) is 10.6. The third-order valence-corrected chi connectivity index (χ3v) is 2.56. The maximum atomic E-state index is 11.7. The fraction of sp³-hybridized carbons (Fsp3) is 0.182. The van der Waals surface area contributed by atoms with Gasteiger partial charge in [-0.15, -0.1) is 0 Å². The highest BCUT2D eigenvalue weighted by molar-refractivity contribution is 5.55. The topological polar surface area (TPSA) is 67.4 Å². The minimum atomic E-state index is -0.295. The van der Waals surface area contributed by atoms with Crippen LogP contribution in [0, 0.1) is 6.92 Å². The van der Waals surface area contributed by atoms with E-state index in [9.17, 15) is 15.0 Å². The van der Waals surface area contributed by atoms with Crippen molar-refractivity contribution >= 4 is 0 Å². The molecule has 0 unspecified atom stereocenters. The van der Waals surface area contributed by atoms with Gasteiger partial charge in [-0.3, -0.25) is 9.48 Å². The van der Waals surface area contributed by atoms with Gasteiger partial charge in [-0.05, 0) is 19.1 Å². The molecule has 0 spiro atoms. The first-order valence-electron chi connectivity index (χ1n) is 4.79. The van der Waals surface area contributed by atoms with Gasteiger partial charge in [-0.25, -0.2) is 4.68 Å². The van der Waals surface area contributed by atoms with Gasteiger partial charge in [-0.2, -0.15) is 0 Å². The molecule has 0 aliphatic heterocycles. The maximum Gasteiger partial charge on any atom is 0.271 e. The van der Waals surface area contributed by atoms with Crippen molar-refractivity contribution in [2.75, 3.05) is 0 Å². The third kappa shape index (κ3) is 1.37. The number of para-hydroxylation sites is 1. The van der Waals surface area contributed by atoms with Crippen LogP contribution in [0.2, 0.25) is 0 Å². The minimum absolute atomic E-state index is 0.100. The third-order valence-electron chi connectivity index (χ3n) is 2.56. The van der Waals surface area contributed by atoms with E-state index in [4.69, 9.17) is 0 Å². The molecule has 2 aromatic rings. The molecule has 0 atom stereocenters. The van der Waals surface area contributed by atoms with Gasteiger partial charge in [0.1, 0.15) is 17.2 Å². The van der Waals surface area contributed by atoms with E-state index >= 15 is 0 Å². The standard InChI is InChI=1S/C11H12N2O3/c1-7-6-10(16)13(12(7)2)11-8(14)4-3-5-9(11)15/h3-6,14-15H,1-2H3. The summed E-state index contributed by atoms with van der Waals surface area (Å²) in [6, 6.07) is 5.79. The first-order valence-corrected chi connectivity index (χ1v) is 4.79. The van der Waals surface area contributed by atoms with E-state index in [0.717, 1.165) is 5.69 Å². The molecule has 1 aromatic heterocycles. The van der Waals surface area contributed by atoms with Gasteiger partial charge in [0, 0.05) is 18.8 Å². The molecule has 2 rings (SSSR count). The monoisotopic (exact) mass is 220 g/mol. The van der Waals surface area contributed by atoms with Crippen molar-refractivity contribution < 1.29 is 10.2 Å². The molecule has 0 saturated heterocycles. The number of aromatic hydroxyl groups is 2. The van der Waals surface area contributed by atoms with Crippen LogP contribution in [0.1, 0.15) is 5.69 Å². The van der Waals surface area contributed by atoms with E-state index in [1.165, 1.54) is 28.9 Å². The number of rotatable bonds is 1. The van der Waals surface area contributed by atoms with Gasteiger partial charge >= 0.3 is 0 Å². The lowest BCUT2D eigenvalue weighted by molar-refractivity contribution is 0.435. The number of aromatic nitrogens is 2. The predicted octanol–water partition coefficient (Wildman–Crippen LogP) is 0.896. The molecular formula is C11H12N2O3. The summed E-state index contributed by atoms with van der Waals surface area (Å²) >= 11 is 0. The Balaban J connectivity index is 2.82. The molecule has 1 aromatic carbocycles. The van der Waals surface area contributed by atoms with E-state index < -0.39 is 0 Å². The first-order chi connectivity index (χ1) is 7.52. The predicted molar refractivity (Wildman–Crippen MR) is 59.1 cm³/mol. The Morgan fingerprint density at radius 1 is 1.19 bits per heavy atom. The van der Waals surface area contributed by atoms with Crippen LogP contribution in [0.5, 0.6) is 11.5 Å². The molecule has 84 valence electrons. The van der Waals surface area contributed by atoms with Crippen LogP contribution in [0.15, 0.2) is 29.1 Å². The lowest BCUT2D eigenvalue weighted by Gasteiger charge is -2.11. The molecule has 2 N–H and O–H groups in total. The highest BCUT2D eigenvalue weighted by Gasteiger charge is 2.14. The highest BCUT2D eigenvalue weighted by Crippen LogP contribution is 2.29. The number of benzene rings is 1. The summed E-state index contributed by atoms with van der Waals surface area (Å²) in [6.45, 7) is 1.77. The largest absolute Gasteiger partial charge is 0.506 e. The molecule has 5 heteroatoms. The van der Waals surface area contributed by atoms with Crippen molar-refractivity contribution in [2.45, 2.75) is 6.92 Å². The quantitative estimate of drug-likeness (QED) is 0.750. The first kappa shape index (κ1) is 10.4. The Bertz CT molecular complexity index is 576. The zero-order chi connectivity index (χ0) is 11.9. The molecule has 16 heavy (non-hydrogen) atoms. The summed E-state index contributed by atoms with van der Waals surface area (Å²) in [5.74, 6) is -0.272. The van der Waals surface area contributed by atoms with Crippen molar-refractivity contribution in [3.05, 3.63) is 40.3 Å². The molecular weight excluding hydrogens is 208 g/mol. The molecule has 0 amide bonds. The van der Waals surface area contributed by atoms with Gasteiger partial charge in [-0.1, -0.05) is 6.07 Å². The fourth-order valence-electron chi connectivity index (χ4n) is 1.64. The minimum Gasteiger partial charge on any atom is -0.506 e. The van der Waals surface area contributed by atoms with Crippen LogP contribution in [-0.4, -0.2) is 19.6 Å². The molecule has 0 saturated carbocycles. The van der Waals surface area contributed by atoms with Crippen LogP contribution < -0.4 is 5.56 Å². The fourth-order valence-corrected chi connectivity index (χ4v) is 1.64. The van der Waals surface area contributed by atoms with Gasteiger partial charge < -0.3 is 10.2 Å². The molecule has 0 radical (unpaired) electrons. The van der Waals surface area contributed by atoms with Crippen LogP contribution in [0.3, 0.4) is 0 Å². The molecule has 0 aliphatic rings. The van der Waals surface area contributed by atoms with Crippen molar-refractivity contribution in [2.24, 2.45) is 7.05 Å². The summed E-state index contributed by atoms with van der Waals surface area (Å²) in [5, 5.41) is 19.3. The van der Waals surface area contributed by atoms with E-state index in [2.05, 4.69) is 0 Å². The van der Waals surface area contributed by atoms with E-state index in [1.54, 1.807) is 18.7 Å². The van der Waals surface area contributed by atoms with Crippen molar-refractivity contribution in [3.8, 4) is 17.2 Å². The Morgan fingerprint density at radius 2 is 1.75 bits per heavy atom. The van der Waals surface area contributed by atoms with Crippen LogP contribution in [-0.2, 0) is 7.05 Å². The number of hydrogen-bond acceptors (Lipinski definition) is 3.